The zero-order chi connectivity index (χ0) is 11.4. The summed E-state index contributed by atoms with van der Waals surface area (Å²) in [4.78, 5) is 0. The van der Waals surface area contributed by atoms with E-state index in [9.17, 15) is 10.2 Å². The molecule has 3 nitrogen and oxygen atoms in total. The van der Waals surface area contributed by atoms with Gasteiger partial charge in [-0.1, -0.05) is 11.6 Å². The summed E-state index contributed by atoms with van der Waals surface area (Å²) in [7, 11) is 0. The summed E-state index contributed by atoms with van der Waals surface area (Å²) in [5.41, 5.74) is 6.93. The van der Waals surface area contributed by atoms with Crippen molar-refractivity contribution in [2.75, 3.05) is 6.54 Å². The lowest BCUT2D eigenvalue weighted by atomic mass is 10.0. The van der Waals surface area contributed by atoms with E-state index in [2.05, 4.69) is 0 Å². The molecule has 1 aromatic rings. The van der Waals surface area contributed by atoms with Gasteiger partial charge in [-0.3, -0.25) is 0 Å². The molecule has 0 amide bonds. The van der Waals surface area contributed by atoms with Crippen molar-refractivity contribution in [3.63, 3.8) is 0 Å². The van der Waals surface area contributed by atoms with Crippen molar-refractivity contribution in [2.45, 2.75) is 26.2 Å². The van der Waals surface area contributed by atoms with E-state index in [0.717, 1.165) is 18.4 Å². The summed E-state index contributed by atoms with van der Waals surface area (Å²) in [6.45, 7) is 2.46. The fourth-order valence-electron chi connectivity index (χ4n) is 1.53. The molecule has 0 unspecified atom stereocenters. The van der Waals surface area contributed by atoms with Crippen LogP contribution in [0.4, 0.5) is 0 Å². The van der Waals surface area contributed by atoms with E-state index in [-0.39, 0.29) is 11.5 Å². The first kappa shape index (κ1) is 12.1. The van der Waals surface area contributed by atoms with E-state index in [1.165, 1.54) is 6.07 Å². The average molecular weight is 230 g/mol. The zero-order valence-corrected chi connectivity index (χ0v) is 9.51. The van der Waals surface area contributed by atoms with Crippen LogP contribution in [0.1, 0.15) is 24.0 Å². The first-order valence-electron chi connectivity index (χ1n) is 4.98. The largest absolute Gasteiger partial charge is 0.504 e. The molecule has 0 heterocycles. The zero-order valence-electron chi connectivity index (χ0n) is 8.76. The molecule has 15 heavy (non-hydrogen) atoms. The highest BCUT2D eigenvalue weighted by Gasteiger charge is 2.12. The minimum atomic E-state index is -0.159. The van der Waals surface area contributed by atoms with Gasteiger partial charge in [0.1, 0.15) is 0 Å². The second kappa shape index (κ2) is 5.24. The molecule has 0 aromatic heterocycles. The van der Waals surface area contributed by atoms with E-state index in [4.69, 9.17) is 17.3 Å². The van der Waals surface area contributed by atoms with Crippen LogP contribution in [0.25, 0.3) is 0 Å². The molecule has 1 rings (SSSR count). The van der Waals surface area contributed by atoms with Crippen LogP contribution < -0.4 is 5.73 Å². The standard InChI is InChI=1S/C11H16ClNO2/c1-7-8(4-2-3-5-13)11(15)10(14)6-9(7)12/h6,14-15H,2-5,13H2,1H3. The molecule has 0 fully saturated rings. The molecule has 0 spiro atoms. The van der Waals surface area contributed by atoms with Crippen molar-refractivity contribution in [3.8, 4) is 11.5 Å². The van der Waals surface area contributed by atoms with Gasteiger partial charge >= 0.3 is 0 Å². The van der Waals surface area contributed by atoms with Gasteiger partial charge in [0, 0.05) is 16.7 Å². The quantitative estimate of drug-likeness (QED) is 0.549. The average Bonchev–Trinajstić information content (AvgIpc) is 2.20. The molecular formula is C11H16ClNO2. The SMILES string of the molecule is Cc1c(Cl)cc(O)c(O)c1CCCCN. The summed E-state index contributed by atoms with van der Waals surface area (Å²) in [5, 5.41) is 19.5. The number of benzene rings is 1. The fourth-order valence-corrected chi connectivity index (χ4v) is 1.74. The van der Waals surface area contributed by atoms with Gasteiger partial charge in [-0.2, -0.15) is 0 Å². The van der Waals surface area contributed by atoms with Crippen molar-refractivity contribution in [1.82, 2.24) is 0 Å². The Morgan fingerprint density at radius 3 is 2.60 bits per heavy atom. The normalized spacial score (nSPS) is 10.6. The van der Waals surface area contributed by atoms with Crippen LogP contribution in [-0.4, -0.2) is 16.8 Å². The number of phenols is 2. The third-order valence-corrected chi connectivity index (χ3v) is 2.88. The van der Waals surface area contributed by atoms with Gasteiger partial charge in [0.2, 0.25) is 0 Å². The Morgan fingerprint density at radius 1 is 1.33 bits per heavy atom. The molecule has 0 aliphatic carbocycles. The number of hydrogen-bond acceptors (Lipinski definition) is 3. The van der Waals surface area contributed by atoms with E-state index < -0.39 is 0 Å². The Kier molecular flexibility index (Phi) is 4.24. The lowest BCUT2D eigenvalue weighted by Crippen LogP contribution is -2.00. The second-order valence-corrected chi connectivity index (χ2v) is 3.98. The van der Waals surface area contributed by atoms with Gasteiger partial charge in [-0.25, -0.2) is 0 Å². The van der Waals surface area contributed by atoms with Crippen LogP contribution in [0.2, 0.25) is 5.02 Å². The Morgan fingerprint density at radius 2 is 2.00 bits per heavy atom. The highest BCUT2D eigenvalue weighted by Crippen LogP contribution is 2.36. The third-order valence-electron chi connectivity index (χ3n) is 2.48. The monoisotopic (exact) mass is 229 g/mol. The number of halogens is 1. The van der Waals surface area contributed by atoms with Crippen LogP contribution in [0.3, 0.4) is 0 Å². The number of nitrogens with two attached hydrogens (primary N) is 1. The van der Waals surface area contributed by atoms with Crippen LogP contribution >= 0.6 is 11.6 Å². The number of aromatic hydroxyl groups is 2. The molecule has 1 aromatic carbocycles. The van der Waals surface area contributed by atoms with Gasteiger partial charge in [0.15, 0.2) is 11.5 Å². The summed E-state index contributed by atoms with van der Waals surface area (Å²) >= 11 is 5.91. The smallest absolute Gasteiger partial charge is 0.161 e. The molecule has 0 saturated carbocycles. The number of rotatable bonds is 4. The Labute approximate surface area is 94.5 Å². The molecular weight excluding hydrogens is 214 g/mol. The molecule has 84 valence electrons. The summed E-state index contributed by atoms with van der Waals surface area (Å²) in [6.07, 6.45) is 2.46. The topological polar surface area (TPSA) is 66.5 Å². The van der Waals surface area contributed by atoms with Crippen molar-refractivity contribution in [3.05, 3.63) is 22.2 Å². The first-order valence-corrected chi connectivity index (χ1v) is 5.35. The maximum atomic E-state index is 9.66. The molecule has 4 N–H and O–H groups in total. The van der Waals surface area contributed by atoms with Crippen molar-refractivity contribution in [2.24, 2.45) is 5.73 Å². The van der Waals surface area contributed by atoms with Crippen LogP contribution in [0, 0.1) is 6.92 Å². The van der Waals surface area contributed by atoms with Gasteiger partial charge in [-0.05, 0) is 38.3 Å². The minimum absolute atomic E-state index is 0.0612. The van der Waals surface area contributed by atoms with E-state index in [0.29, 0.717) is 23.6 Å². The summed E-state index contributed by atoms with van der Waals surface area (Å²) < 4.78 is 0. The Hall–Kier alpha value is -0.930. The van der Waals surface area contributed by atoms with Gasteiger partial charge < -0.3 is 15.9 Å². The highest BCUT2D eigenvalue weighted by molar-refractivity contribution is 6.31. The Bertz CT molecular complexity index is 327. The number of phenolic OH excluding ortho intramolecular Hbond substituents is 2. The highest BCUT2D eigenvalue weighted by atomic mass is 35.5. The first-order chi connectivity index (χ1) is 7.07. The van der Waals surface area contributed by atoms with Crippen LogP contribution in [0.5, 0.6) is 11.5 Å². The van der Waals surface area contributed by atoms with Crippen molar-refractivity contribution in [1.29, 1.82) is 0 Å². The van der Waals surface area contributed by atoms with E-state index >= 15 is 0 Å². The predicted octanol–water partition coefficient (Wildman–Crippen LogP) is 2.34. The third kappa shape index (κ3) is 2.76. The van der Waals surface area contributed by atoms with Gasteiger partial charge in [-0.15, -0.1) is 0 Å². The molecule has 0 aliphatic rings. The summed E-state index contributed by atoms with van der Waals surface area (Å²) in [5.74, 6) is -0.220. The number of hydrogen-bond donors (Lipinski definition) is 3. The molecule has 4 heteroatoms. The van der Waals surface area contributed by atoms with Gasteiger partial charge in [0.25, 0.3) is 0 Å². The lowest BCUT2D eigenvalue weighted by molar-refractivity contribution is 0.398. The van der Waals surface area contributed by atoms with E-state index in [1.54, 1.807) is 0 Å². The van der Waals surface area contributed by atoms with Crippen LogP contribution in [0.15, 0.2) is 6.07 Å². The molecule has 0 atom stereocenters. The molecule has 0 bridgehead atoms. The predicted molar refractivity (Wildman–Crippen MR) is 61.5 cm³/mol. The minimum Gasteiger partial charge on any atom is -0.504 e. The second-order valence-electron chi connectivity index (χ2n) is 3.58. The fraction of sp³-hybridized carbons (Fsp3) is 0.455. The maximum absolute atomic E-state index is 9.66. The Balaban J connectivity index is 2.94. The van der Waals surface area contributed by atoms with Crippen molar-refractivity contribution >= 4 is 11.6 Å². The molecule has 0 saturated heterocycles. The molecule has 0 aliphatic heterocycles. The van der Waals surface area contributed by atoms with Gasteiger partial charge in [0.05, 0.1) is 0 Å². The number of unbranched alkanes of at least 4 members (excludes halogenated alkanes) is 1. The lowest BCUT2D eigenvalue weighted by Gasteiger charge is -2.11. The van der Waals surface area contributed by atoms with Crippen LogP contribution in [-0.2, 0) is 6.42 Å². The van der Waals surface area contributed by atoms with E-state index in [1.807, 2.05) is 6.92 Å². The molecule has 0 radical (unpaired) electrons. The maximum Gasteiger partial charge on any atom is 0.161 e. The summed E-state index contributed by atoms with van der Waals surface area (Å²) in [6, 6.07) is 1.36. The van der Waals surface area contributed by atoms with Crippen molar-refractivity contribution < 1.29 is 10.2 Å².